The Balaban J connectivity index is 1.38. The molecule has 0 N–H and O–H groups in total. The van der Waals surface area contributed by atoms with Gasteiger partial charge in [-0.2, -0.15) is 10.4 Å². The molecule has 2 saturated heterocycles. The molecule has 9 nitrogen and oxygen atoms in total. The molecule has 2 aliphatic heterocycles. The minimum Gasteiger partial charge on any atom is -0.379 e. The van der Waals surface area contributed by atoms with Crippen LogP contribution >= 0.6 is 0 Å². The van der Waals surface area contributed by atoms with E-state index < -0.39 is 0 Å². The number of ether oxygens (including phenoxy) is 1. The Morgan fingerprint density at radius 3 is 2.49 bits per heavy atom. The van der Waals surface area contributed by atoms with E-state index in [-0.39, 0.29) is 18.1 Å². The Bertz CT molecular complexity index is 1370. The van der Waals surface area contributed by atoms with Crippen LogP contribution in [-0.2, 0) is 24.9 Å². The fraction of sp³-hybridized carbons (Fsp3) is 0.567. The number of pyridine rings is 1. The lowest BCUT2D eigenvalue weighted by atomic mass is 9.96. The van der Waals surface area contributed by atoms with Gasteiger partial charge in [0.2, 0.25) is 0 Å². The number of aromatic nitrogens is 3. The van der Waals surface area contributed by atoms with Crippen molar-refractivity contribution in [2.75, 3.05) is 44.3 Å². The lowest BCUT2D eigenvalue weighted by Crippen LogP contribution is -2.58. The van der Waals surface area contributed by atoms with Crippen LogP contribution in [0.1, 0.15) is 50.8 Å². The van der Waals surface area contributed by atoms with E-state index in [2.05, 4.69) is 65.8 Å². The smallest absolute Gasteiger partial charge is 0.252 e. The molecule has 2 aliphatic rings. The highest BCUT2D eigenvalue weighted by molar-refractivity contribution is 5.88. The van der Waals surface area contributed by atoms with E-state index in [0.29, 0.717) is 12.1 Å². The SMILES string of the molecule is CC[C@H]1CN(C(C)c2ccc(CN3CCOCC3)cc2)[C@H](CC)CN1c1cc(=O)n(C)c2cn(CC#N)nc12. The van der Waals surface area contributed by atoms with E-state index >= 15 is 0 Å². The number of fused-ring (bicyclic) bond motifs is 1. The van der Waals surface area contributed by atoms with E-state index in [1.165, 1.54) is 11.1 Å². The van der Waals surface area contributed by atoms with Crippen molar-refractivity contribution in [3.8, 4) is 6.07 Å². The third-order valence-corrected chi connectivity index (χ3v) is 8.63. The monoisotopic (exact) mass is 531 g/mol. The standard InChI is InChI=1S/C30H41N7O2/c1-5-25-20-37(27-17-29(38)33(4)28-21-35(12-11-31)32-30(27)28)26(6-2)19-36(25)22(3)24-9-7-23(8-10-24)18-34-13-15-39-16-14-34/h7-10,17,21-22,25-26H,5-6,12-16,18-20H2,1-4H3/t22?,25-,26+/m1/s1. The average molecular weight is 532 g/mol. The van der Waals surface area contributed by atoms with Crippen LogP contribution in [0.2, 0.25) is 0 Å². The molecule has 1 aromatic carbocycles. The van der Waals surface area contributed by atoms with Gasteiger partial charge in [-0.25, -0.2) is 0 Å². The first-order chi connectivity index (χ1) is 18.9. The number of rotatable bonds is 8. The molecule has 2 fully saturated rings. The van der Waals surface area contributed by atoms with Gasteiger partial charge >= 0.3 is 0 Å². The van der Waals surface area contributed by atoms with Gasteiger partial charge in [-0.1, -0.05) is 38.1 Å². The molecule has 208 valence electrons. The number of nitriles is 1. The number of nitrogens with zero attached hydrogens (tertiary/aromatic N) is 7. The molecule has 39 heavy (non-hydrogen) atoms. The van der Waals surface area contributed by atoms with Crippen molar-refractivity contribution in [1.29, 1.82) is 5.26 Å². The van der Waals surface area contributed by atoms with Crippen LogP contribution in [0.5, 0.6) is 0 Å². The molecule has 3 aromatic rings. The Morgan fingerprint density at radius 2 is 1.82 bits per heavy atom. The Kier molecular flexibility index (Phi) is 8.36. The van der Waals surface area contributed by atoms with E-state index in [4.69, 9.17) is 9.84 Å². The van der Waals surface area contributed by atoms with Crippen LogP contribution in [0.15, 0.2) is 41.3 Å². The summed E-state index contributed by atoms with van der Waals surface area (Å²) >= 11 is 0. The van der Waals surface area contributed by atoms with Crippen LogP contribution in [-0.4, -0.2) is 75.6 Å². The van der Waals surface area contributed by atoms with E-state index in [1.807, 2.05) is 6.20 Å². The third kappa shape index (κ3) is 5.60. The molecule has 1 unspecified atom stereocenters. The zero-order chi connectivity index (χ0) is 27.5. The lowest BCUT2D eigenvalue weighted by molar-refractivity contribution is 0.0342. The summed E-state index contributed by atoms with van der Waals surface area (Å²) in [6.07, 6.45) is 3.79. The van der Waals surface area contributed by atoms with Crippen molar-refractivity contribution in [3.05, 3.63) is 58.0 Å². The van der Waals surface area contributed by atoms with Crippen molar-refractivity contribution < 1.29 is 4.74 Å². The molecule has 2 aromatic heterocycles. The summed E-state index contributed by atoms with van der Waals surface area (Å²) in [4.78, 5) is 20.4. The second-order valence-corrected chi connectivity index (χ2v) is 10.9. The maximum Gasteiger partial charge on any atom is 0.252 e. The number of morpholine rings is 1. The van der Waals surface area contributed by atoms with Gasteiger partial charge in [0.1, 0.15) is 12.1 Å². The molecule has 0 amide bonds. The topological polar surface area (TPSA) is 82.6 Å². The zero-order valence-electron chi connectivity index (χ0n) is 23.7. The van der Waals surface area contributed by atoms with Crippen molar-refractivity contribution >= 4 is 16.7 Å². The molecule has 0 saturated carbocycles. The summed E-state index contributed by atoms with van der Waals surface area (Å²) in [7, 11) is 1.77. The van der Waals surface area contributed by atoms with E-state index in [0.717, 1.165) is 75.5 Å². The van der Waals surface area contributed by atoms with Gasteiger partial charge in [0, 0.05) is 64.0 Å². The lowest BCUT2D eigenvalue weighted by Gasteiger charge is -2.49. The predicted octanol–water partition coefficient (Wildman–Crippen LogP) is 3.53. The summed E-state index contributed by atoms with van der Waals surface area (Å²) < 4.78 is 8.74. The van der Waals surface area contributed by atoms with E-state index in [9.17, 15) is 10.1 Å². The number of aryl methyl sites for hydroxylation is 1. The van der Waals surface area contributed by atoms with Gasteiger partial charge in [-0.3, -0.25) is 19.3 Å². The molecule has 0 spiro atoms. The fourth-order valence-electron chi connectivity index (χ4n) is 6.18. The normalized spacial score (nSPS) is 21.8. The summed E-state index contributed by atoms with van der Waals surface area (Å²) in [5, 5.41) is 13.9. The highest BCUT2D eigenvalue weighted by Crippen LogP contribution is 2.34. The minimum absolute atomic E-state index is 0.0510. The molecule has 4 heterocycles. The van der Waals surface area contributed by atoms with Crippen LogP contribution in [0.4, 0.5) is 5.69 Å². The quantitative estimate of drug-likeness (QED) is 0.440. The summed E-state index contributed by atoms with van der Waals surface area (Å²) in [6.45, 7) is 13.3. The predicted molar refractivity (Wildman–Crippen MR) is 154 cm³/mol. The van der Waals surface area contributed by atoms with Gasteiger partial charge in [-0.05, 0) is 30.9 Å². The average Bonchev–Trinajstić information content (AvgIpc) is 3.39. The zero-order valence-corrected chi connectivity index (χ0v) is 23.7. The second-order valence-electron chi connectivity index (χ2n) is 10.9. The first-order valence-electron chi connectivity index (χ1n) is 14.3. The number of hydrogen-bond acceptors (Lipinski definition) is 7. The largest absolute Gasteiger partial charge is 0.379 e. The van der Waals surface area contributed by atoms with Crippen LogP contribution in [0.25, 0.3) is 11.0 Å². The number of piperazine rings is 1. The van der Waals surface area contributed by atoms with Crippen molar-refractivity contribution in [3.63, 3.8) is 0 Å². The Hall–Kier alpha value is -3.19. The van der Waals surface area contributed by atoms with Crippen LogP contribution < -0.4 is 10.5 Å². The number of hydrogen-bond donors (Lipinski definition) is 0. The second kappa shape index (κ2) is 11.9. The molecular weight excluding hydrogens is 490 g/mol. The Labute approximate surface area is 231 Å². The molecule has 0 aliphatic carbocycles. The Morgan fingerprint density at radius 1 is 1.10 bits per heavy atom. The first kappa shape index (κ1) is 27.4. The molecule has 0 bridgehead atoms. The van der Waals surface area contributed by atoms with Crippen LogP contribution in [0.3, 0.4) is 0 Å². The fourth-order valence-corrected chi connectivity index (χ4v) is 6.18. The van der Waals surface area contributed by atoms with Gasteiger partial charge < -0.3 is 14.2 Å². The number of anilines is 1. The summed E-state index contributed by atoms with van der Waals surface area (Å²) in [6, 6.07) is 13.9. The third-order valence-electron chi connectivity index (χ3n) is 8.63. The number of benzene rings is 1. The van der Waals surface area contributed by atoms with Crippen molar-refractivity contribution in [2.45, 2.75) is 64.8 Å². The molecule has 3 atom stereocenters. The van der Waals surface area contributed by atoms with Gasteiger partial charge in [-0.15, -0.1) is 0 Å². The van der Waals surface area contributed by atoms with Crippen molar-refractivity contribution in [2.24, 2.45) is 7.05 Å². The maximum atomic E-state index is 12.9. The van der Waals surface area contributed by atoms with Crippen molar-refractivity contribution in [1.82, 2.24) is 24.1 Å². The summed E-state index contributed by atoms with van der Waals surface area (Å²) in [5.74, 6) is 0. The molecule has 9 heteroatoms. The van der Waals surface area contributed by atoms with E-state index in [1.54, 1.807) is 22.4 Å². The highest BCUT2D eigenvalue weighted by atomic mass is 16.5. The molecular formula is C30H41N7O2. The molecule has 0 radical (unpaired) electrons. The highest BCUT2D eigenvalue weighted by Gasteiger charge is 2.36. The first-order valence-corrected chi connectivity index (χ1v) is 14.3. The molecule has 5 rings (SSSR count). The van der Waals surface area contributed by atoms with Gasteiger partial charge in [0.25, 0.3) is 5.56 Å². The van der Waals surface area contributed by atoms with Gasteiger partial charge in [0.15, 0.2) is 0 Å². The minimum atomic E-state index is -0.0510. The maximum absolute atomic E-state index is 12.9. The van der Waals surface area contributed by atoms with Crippen LogP contribution in [0, 0.1) is 11.3 Å². The summed E-state index contributed by atoms with van der Waals surface area (Å²) in [5.41, 5.74) is 5.08. The van der Waals surface area contributed by atoms with Gasteiger partial charge in [0.05, 0.1) is 36.7 Å².